The van der Waals surface area contributed by atoms with Gasteiger partial charge in [0, 0.05) is 16.5 Å². The summed E-state index contributed by atoms with van der Waals surface area (Å²) in [7, 11) is 0. The molecule has 1 aromatic carbocycles. The first-order chi connectivity index (χ1) is 12.9. The van der Waals surface area contributed by atoms with Gasteiger partial charge in [-0.1, -0.05) is 11.6 Å². The SMILES string of the molecule is O=C(COC(=O)[C@H]1[C@@H]2C[C@H]3[C@@H]1C(=O)O[C@@H]3C2)NNC(=O)c1ccc(Cl)cc1. The van der Waals surface area contributed by atoms with E-state index in [1.54, 1.807) is 12.1 Å². The molecule has 0 unspecified atom stereocenters. The summed E-state index contributed by atoms with van der Waals surface area (Å²) in [6.45, 7) is -0.543. The Kier molecular flexibility index (Phi) is 4.51. The highest BCUT2D eigenvalue weighted by molar-refractivity contribution is 6.30. The monoisotopic (exact) mass is 392 g/mol. The Balaban J connectivity index is 1.25. The van der Waals surface area contributed by atoms with Crippen molar-refractivity contribution in [2.75, 3.05) is 6.61 Å². The van der Waals surface area contributed by atoms with E-state index in [2.05, 4.69) is 10.9 Å². The number of rotatable bonds is 4. The fourth-order valence-corrected chi connectivity index (χ4v) is 4.52. The average molecular weight is 393 g/mol. The molecule has 2 aliphatic carbocycles. The van der Waals surface area contributed by atoms with E-state index in [0.29, 0.717) is 17.0 Å². The molecule has 0 radical (unpaired) electrons. The van der Waals surface area contributed by atoms with Crippen LogP contribution in [0.2, 0.25) is 5.02 Å². The summed E-state index contributed by atoms with van der Waals surface area (Å²) in [6, 6.07) is 6.11. The van der Waals surface area contributed by atoms with Gasteiger partial charge < -0.3 is 9.47 Å². The van der Waals surface area contributed by atoms with E-state index in [4.69, 9.17) is 21.1 Å². The molecule has 4 rings (SSSR count). The molecule has 3 fully saturated rings. The molecular formula is C18H17ClN2O6. The van der Waals surface area contributed by atoms with Gasteiger partial charge >= 0.3 is 11.9 Å². The largest absolute Gasteiger partial charge is 0.462 e. The number of carbonyl (C=O) groups excluding carboxylic acids is 4. The summed E-state index contributed by atoms with van der Waals surface area (Å²) in [6.07, 6.45) is 1.39. The van der Waals surface area contributed by atoms with Crippen molar-refractivity contribution in [3.05, 3.63) is 34.9 Å². The van der Waals surface area contributed by atoms with Crippen LogP contribution < -0.4 is 10.9 Å². The maximum absolute atomic E-state index is 12.4. The molecule has 2 saturated carbocycles. The number of benzene rings is 1. The molecule has 0 aromatic heterocycles. The smallest absolute Gasteiger partial charge is 0.310 e. The second-order valence-electron chi connectivity index (χ2n) is 7.04. The highest BCUT2D eigenvalue weighted by Gasteiger charge is 2.64. The van der Waals surface area contributed by atoms with Crippen LogP contribution >= 0.6 is 11.6 Å². The molecule has 9 heteroatoms. The van der Waals surface area contributed by atoms with E-state index in [1.165, 1.54) is 12.1 Å². The predicted octanol–water partition coefficient (Wildman–Crippen LogP) is 0.842. The van der Waals surface area contributed by atoms with E-state index in [9.17, 15) is 19.2 Å². The van der Waals surface area contributed by atoms with Crippen LogP contribution in [0.4, 0.5) is 0 Å². The molecule has 2 amide bonds. The minimum absolute atomic E-state index is 0.0663. The van der Waals surface area contributed by atoms with Gasteiger partial charge in [-0.05, 0) is 43.0 Å². The summed E-state index contributed by atoms with van der Waals surface area (Å²) >= 11 is 5.75. The molecule has 0 spiro atoms. The number of fused-ring (bicyclic) bond motifs is 1. The normalized spacial score (nSPS) is 30.0. The van der Waals surface area contributed by atoms with Crippen molar-refractivity contribution >= 4 is 35.4 Å². The van der Waals surface area contributed by atoms with Crippen molar-refractivity contribution in [1.29, 1.82) is 0 Å². The van der Waals surface area contributed by atoms with Gasteiger partial charge in [-0.15, -0.1) is 0 Å². The minimum atomic E-state index is -0.680. The number of hydrogen-bond acceptors (Lipinski definition) is 6. The van der Waals surface area contributed by atoms with Crippen LogP contribution in [0.3, 0.4) is 0 Å². The lowest BCUT2D eigenvalue weighted by Crippen LogP contribution is -2.44. The highest BCUT2D eigenvalue weighted by atomic mass is 35.5. The molecule has 142 valence electrons. The van der Waals surface area contributed by atoms with Crippen molar-refractivity contribution in [2.45, 2.75) is 18.9 Å². The Labute approximate surface area is 159 Å². The van der Waals surface area contributed by atoms with Crippen LogP contribution in [0.5, 0.6) is 0 Å². The third-order valence-electron chi connectivity index (χ3n) is 5.52. The number of hydrazine groups is 1. The van der Waals surface area contributed by atoms with E-state index in [1.807, 2.05) is 0 Å². The van der Waals surface area contributed by atoms with Gasteiger partial charge in [0.05, 0.1) is 11.8 Å². The van der Waals surface area contributed by atoms with Gasteiger partial charge in [0.2, 0.25) is 0 Å². The molecule has 1 saturated heterocycles. The van der Waals surface area contributed by atoms with Gasteiger partial charge in [-0.3, -0.25) is 30.0 Å². The standard InChI is InChI=1S/C18H17ClN2O6/c19-10-3-1-8(2-4-10)16(23)21-20-13(22)7-26-17(24)14-9-5-11-12(6-9)27-18(25)15(11)14/h1-4,9,11-12,14-15H,5-7H2,(H,20,22)(H,21,23)/t9-,11-,12-,14+,15+/m1/s1. The number of carbonyl (C=O) groups is 4. The first-order valence-corrected chi connectivity index (χ1v) is 9.03. The third kappa shape index (κ3) is 3.25. The van der Waals surface area contributed by atoms with Crippen LogP contribution in [0.1, 0.15) is 23.2 Å². The molecule has 5 atom stereocenters. The van der Waals surface area contributed by atoms with Gasteiger partial charge in [0.1, 0.15) is 6.10 Å². The molecule has 1 aliphatic heterocycles. The summed E-state index contributed by atoms with van der Waals surface area (Å²) in [5.74, 6) is -2.95. The lowest BCUT2D eigenvalue weighted by Gasteiger charge is -2.22. The third-order valence-corrected chi connectivity index (χ3v) is 5.77. The van der Waals surface area contributed by atoms with Crippen molar-refractivity contribution < 1.29 is 28.7 Å². The summed E-state index contributed by atoms with van der Waals surface area (Å²) in [5, 5.41) is 0.487. The Bertz CT molecular complexity index is 809. The zero-order chi connectivity index (χ0) is 19.1. The average Bonchev–Trinajstić information content (AvgIpc) is 3.27. The number of hydrogen-bond donors (Lipinski definition) is 2. The van der Waals surface area contributed by atoms with Crippen LogP contribution in [0, 0.1) is 23.7 Å². The van der Waals surface area contributed by atoms with E-state index in [-0.39, 0.29) is 23.9 Å². The zero-order valence-corrected chi connectivity index (χ0v) is 14.9. The molecule has 2 N–H and O–H groups in total. The second kappa shape index (κ2) is 6.84. The van der Waals surface area contributed by atoms with Crippen LogP contribution in [-0.2, 0) is 23.9 Å². The maximum Gasteiger partial charge on any atom is 0.310 e. The molecular weight excluding hydrogens is 376 g/mol. The molecule has 3 aliphatic rings. The topological polar surface area (TPSA) is 111 Å². The van der Waals surface area contributed by atoms with Gasteiger partial charge in [0.25, 0.3) is 11.8 Å². The number of nitrogens with one attached hydrogen (secondary N) is 2. The highest BCUT2D eigenvalue weighted by Crippen LogP contribution is 2.57. The summed E-state index contributed by atoms with van der Waals surface area (Å²) < 4.78 is 10.3. The predicted molar refractivity (Wildman–Crippen MR) is 91.1 cm³/mol. The van der Waals surface area contributed by atoms with Gasteiger partial charge in [0.15, 0.2) is 6.61 Å². The Morgan fingerprint density at radius 2 is 1.89 bits per heavy atom. The first-order valence-electron chi connectivity index (χ1n) is 8.66. The number of halogens is 1. The quantitative estimate of drug-likeness (QED) is 0.580. The number of amides is 2. The molecule has 27 heavy (non-hydrogen) atoms. The Morgan fingerprint density at radius 3 is 2.63 bits per heavy atom. The van der Waals surface area contributed by atoms with Crippen molar-refractivity contribution in [3.63, 3.8) is 0 Å². The number of ether oxygens (including phenoxy) is 2. The zero-order valence-electron chi connectivity index (χ0n) is 14.1. The van der Waals surface area contributed by atoms with Crippen LogP contribution in [0.15, 0.2) is 24.3 Å². The maximum atomic E-state index is 12.4. The molecule has 1 heterocycles. The fourth-order valence-electron chi connectivity index (χ4n) is 4.39. The summed E-state index contributed by atoms with van der Waals surface area (Å²) in [5.41, 5.74) is 4.72. The second-order valence-corrected chi connectivity index (χ2v) is 7.48. The van der Waals surface area contributed by atoms with Gasteiger partial charge in [-0.2, -0.15) is 0 Å². The first kappa shape index (κ1) is 17.8. The fraction of sp³-hybridized carbons (Fsp3) is 0.444. The lowest BCUT2D eigenvalue weighted by atomic mass is 9.80. The number of esters is 2. The molecule has 1 aromatic rings. The summed E-state index contributed by atoms with van der Waals surface area (Å²) in [4.78, 5) is 48.0. The van der Waals surface area contributed by atoms with Crippen LogP contribution in [-0.4, -0.2) is 36.5 Å². The van der Waals surface area contributed by atoms with Gasteiger partial charge in [-0.25, -0.2) is 0 Å². The van der Waals surface area contributed by atoms with E-state index in [0.717, 1.165) is 6.42 Å². The van der Waals surface area contributed by atoms with E-state index >= 15 is 0 Å². The van der Waals surface area contributed by atoms with Crippen molar-refractivity contribution in [3.8, 4) is 0 Å². The Morgan fingerprint density at radius 1 is 1.15 bits per heavy atom. The Hall–Kier alpha value is -2.61. The van der Waals surface area contributed by atoms with Crippen molar-refractivity contribution in [1.82, 2.24) is 10.9 Å². The van der Waals surface area contributed by atoms with Crippen molar-refractivity contribution in [2.24, 2.45) is 23.7 Å². The lowest BCUT2D eigenvalue weighted by molar-refractivity contribution is -0.158. The van der Waals surface area contributed by atoms with E-state index < -0.39 is 36.2 Å². The molecule has 2 bridgehead atoms. The molecule has 8 nitrogen and oxygen atoms in total. The van der Waals surface area contributed by atoms with Crippen LogP contribution in [0.25, 0.3) is 0 Å². The minimum Gasteiger partial charge on any atom is -0.462 e.